The summed E-state index contributed by atoms with van der Waals surface area (Å²) in [4.78, 5) is 4.52. The quantitative estimate of drug-likeness (QED) is 0.181. The number of furan rings is 1. The van der Waals surface area contributed by atoms with Gasteiger partial charge in [-0.3, -0.25) is 4.57 Å². The summed E-state index contributed by atoms with van der Waals surface area (Å²) in [5, 5.41) is 6.76. The Morgan fingerprint density at radius 3 is 1.90 bits per heavy atom. The van der Waals surface area contributed by atoms with Gasteiger partial charge in [-0.1, -0.05) is 115 Å². The molecule has 49 heavy (non-hydrogen) atoms. The molecule has 0 spiro atoms. The summed E-state index contributed by atoms with van der Waals surface area (Å²) < 4.78 is 32.7. The summed E-state index contributed by atoms with van der Waals surface area (Å²) in [6.07, 6.45) is 0. The van der Waals surface area contributed by atoms with E-state index in [1.54, 1.807) is 4.57 Å². The van der Waals surface area contributed by atoms with Crippen LogP contribution in [0, 0.1) is 6.85 Å². The predicted octanol–water partition coefficient (Wildman–Crippen LogP) is 12.5. The first-order valence-electron chi connectivity index (χ1n) is 18.0. The zero-order valence-corrected chi connectivity index (χ0v) is 26.4. The molecular formula is C46H30N2O. The average molecular weight is 630 g/mol. The van der Waals surface area contributed by atoms with Crippen LogP contribution in [0.3, 0.4) is 0 Å². The van der Waals surface area contributed by atoms with E-state index in [2.05, 4.69) is 114 Å². The minimum Gasteiger partial charge on any atom is -0.456 e. The van der Waals surface area contributed by atoms with Crippen molar-refractivity contribution in [3.63, 3.8) is 0 Å². The Morgan fingerprint density at radius 2 is 1.08 bits per heavy atom. The van der Waals surface area contributed by atoms with Gasteiger partial charge in [0.15, 0.2) is 0 Å². The van der Waals surface area contributed by atoms with Gasteiger partial charge in [0.25, 0.3) is 0 Å². The molecule has 2 heterocycles. The maximum Gasteiger partial charge on any atom is 0.135 e. The topological polar surface area (TPSA) is 31.0 Å². The Hall–Kier alpha value is -6.45. The highest BCUT2D eigenvalue weighted by molar-refractivity contribution is 6.22. The molecule has 3 nitrogen and oxygen atoms in total. The fourth-order valence-corrected chi connectivity index (χ4v) is 7.56. The van der Waals surface area contributed by atoms with Gasteiger partial charge in [0.1, 0.15) is 17.0 Å². The van der Waals surface area contributed by atoms with Crippen LogP contribution in [0.4, 0.5) is 0 Å². The number of rotatable bonds is 4. The number of hydrogen-bond acceptors (Lipinski definition) is 2. The molecule has 10 rings (SSSR count). The second-order valence-corrected chi connectivity index (χ2v) is 12.5. The fourth-order valence-electron chi connectivity index (χ4n) is 7.56. The molecule has 10 aromatic rings. The zero-order chi connectivity index (χ0) is 35.0. The summed E-state index contributed by atoms with van der Waals surface area (Å²) in [5.74, 6) is 0.0533. The van der Waals surface area contributed by atoms with Crippen LogP contribution >= 0.6 is 0 Å². The number of para-hydroxylation sites is 3. The fraction of sp³-hybridized carbons (Fsp3) is 0.0217. The summed E-state index contributed by atoms with van der Waals surface area (Å²) in [6, 6.07) is 56.4. The Bertz CT molecular complexity index is 2990. The van der Waals surface area contributed by atoms with Gasteiger partial charge in [0, 0.05) is 20.6 Å². The van der Waals surface area contributed by atoms with Crippen LogP contribution in [0.25, 0.3) is 93.6 Å². The minimum absolute atomic E-state index is 0.0533. The highest BCUT2D eigenvalue weighted by Crippen LogP contribution is 2.46. The van der Waals surface area contributed by atoms with Crippen molar-refractivity contribution in [2.24, 2.45) is 0 Å². The van der Waals surface area contributed by atoms with Crippen molar-refractivity contribution in [1.29, 1.82) is 0 Å². The van der Waals surface area contributed by atoms with Crippen molar-refractivity contribution in [1.82, 2.24) is 9.55 Å². The Balaban J connectivity index is 1.23. The van der Waals surface area contributed by atoms with Crippen molar-refractivity contribution in [3.8, 4) is 39.1 Å². The molecule has 0 fully saturated rings. The van der Waals surface area contributed by atoms with Crippen molar-refractivity contribution in [3.05, 3.63) is 170 Å². The lowest BCUT2D eigenvalue weighted by Gasteiger charge is -2.19. The van der Waals surface area contributed by atoms with Gasteiger partial charge in [0.2, 0.25) is 0 Å². The minimum atomic E-state index is -2.37. The van der Waals surface area contributed by atoms with Crippen LogP contribution in [-0.2, 0) is 0 Å². The van der Waals surface area contributed by atoms with E-state index in [4.69, 9.17) is 8.53 Å². The molecule has 0 N–H and O–H groups in total. The third-order valence-electron chi connectivity index (χ3n) is 9.77. The van der Waals surface area contributed by atoms with Crippen molar-refractivity contribution in [2.45, 2.75) is 6.85 Å². The molecule has 230 valence electrons. The lowest BCUT2D eigenvalue weighted by Crippen LogP contribution is -1.97. The SMILES string of the molecule is [2H]C([2H])([2H])c1nc2ccccc2n1-c1ccc(-c2c3ccccc3c(-c3ccc4oc5ccccc5c4c3)c3cc(-c4ccccc4)ccc23)cc1. The van der Waals surface area contributed by atoms with Crippen molar-refractivity contribution >= 4 is 54.5 Å². The molecule has 8 aromatic carbocycles. The van der Waals surface area contributed by atoms with E-state index >= 15 is 0 Å². The van der Waals surface area contributed by atoms with E-state index < -0.39 is 6.85 Å². The molecule has 0 aliphatic carbocycles. The maximum absolute atomic E-state index is 8.24. The summed E-state index contributed by atoms with van der Waals surface area (Å²) in [7, 11) is 0. The Labute approximate surface area is 287 Å². The normalized spacial score (nSPS) is 12.9. The monoisotopic (exact) mass is 629 g/mol. The van der Waals surface area contributed by atoms with Crippen LogP contribution in [0.15, 0.2) is 168 Å². The first-order valence-corrected chi connectivity index (χ1v) is 16.5. The van der Waals surface area contributed by atoms with Crippen molar-refractivity contribution < 1.29 is 8.53 Å². The van der Waals surface area contributed by atoms with Gasteiger partial charge in [-0.25, -0.2) is 4.98 Å². The van der Waals surface area contributed by atoms with Gasteiger partial charge in [-0.15, -0.1) is 0 Å². The summed E-state index contributed by atoms with van der Waals surface area (Å²) in [5.41, 5.74) is 10.7. The molecule has 0 saturated carbocycles. The summed E-state index contributed by atoms with van der Waals surface area (Å²) >= 11 is 0. The molecule has 0 atom stereocenters. The number of fused-ring (bicyclic) bond motifs is 6. The molecule has 0 unspecified atom stereocenters. The Morgan fingerprint density at radius 1 is 0.469 bits per heavy atom. The summed E-state index contributed by atoms with van der Waals surface area (Å²) in [6.45, 7) is -2.37. The smallest absolute Gasteiger partial charge is 0.135 e. The van der Waals surface area contributed by atoms with Gasteiger partial charge in [0.05, 0.1) is 11.0 Å². The van der Waals surface area contributed by atoms with Gasteiger partial charge in [-0.2, -0.15) is 0 Å². The van der Waals surface area contributed by atoms with Crippen molar-refractivity contribution in [2.75, 3.05) is 0 Å². The van der Waals surface area contributed by atoms with Crippen LogP contribution in [0.5, 0.6) is 0 Å². The molecule has 3 heteroatoms. The van der Waals surface area contributed by atoms with Gasteiger partial charge in [-0.05, 0) is 110 Å². The van der Waals surface area contributed by atoms with E-state index in [0.717, 1.165) is 82.5 Å². The number of imidazole rings is 1. The predicted molar refractivity (Wildman–Crippen MR) is 204 cm³/mol. The standard InChI is InChI=1S/C46H30N2O/c1-29-47-41-16-8-9-17-42(41)48(29)34-23-19-31(20-24-34)45-36-14-5-6-15-37(36)46(40-27-32(21-25-38(40)45)30-11-3-2-4-12-30)33-22-26-44-39(28-33)35-13-7-10-18-43(35)49-44/h2-28H,1H3/i1D3. The second kappa shape index (κ2) is 10.8. The number of nitrogens with zero attached hydrogens (tertiary/aromatic N) is 2. The Kier molecular flexibility index (Phi) is 5.44. The largest absolute Gasteiger partial charge is 0.456 e. The molecule has 0 radical (unpaired) electrons. The van der Waals surface area contributed by atoms with E-state index in [1.807, 2.05) is 54.6 Å². The third-order valence-corrected chi connectivity index (χ3v) is 9.77. The van der Waals surface area contributed by atoms with E-state index in [9.17, 15) is 0 Å². The first kappa shape index (κ1) is 24.7. The van der Waals surface area contributed by atoms with Gasteiger partial charge < -0.3 is 4.42 Å². The van der Waals surface area contributed by atoms with Crippen LogP contribution < -0.4 is 0 Å². The molecule has 0 saturated heterocycles. The first-order chi connectivity index (χ1) is 25.4. The molecular weight excluding hydrogens is 597 g/mol. The van der Waals surface area contributed by atoms with Crippen LogP contribution in [-0.4, -0.2) is 9.55 Å². The molecule has 2 aromatic heterocycles. The third kappa shape index (κ3) is 4.33. The number of benzene rings is 8. The lowest BCUT2D eigenvalue weighted by molar-refractivity contribution is 0.669. The maximum atomic E-state index is 8.24. The molecule has 0 amide bonds. The second-order valence-electron chi connectivity index (χ2n) is 12.5. The van der Waals surface area contributed by atoms with E-state index in [-0.39, 0.29) is 5.82 Å². The molecule has 0 aliphatic rings. The molecule has 0 aliphatic heterocycles. The van der Waals surface area contributed by atoms with E-state index in [0.29, 0.717) is 5.52 Å². The highest BCUT2D eigenvalue weighted by atomic mass is 16.3. The molecule has 0 bridgehead atoms. The van der Waals surface area contributed by atoms with Crippen LogP contribution in [0.2, 0.25) is 0 Å². The number of aryl methyl sites for hydroxylation is 1. The number of aromatic nitrogens is 2. The zero-order valence-electron chi connectivity index (χ0n) is 29.4. The van der Waals surface area contributed by atoms with Gasteiger partial charge >= 0.3 is 0 Å². The number of hydrogen-bond donors (Lipinski definition) is 0. The highest BCUT2D eigenvalue weighted by Gasteiger charge is 2.19. The van der Waals surface area contributed by atoms with E-state index in [1.165, 1.54) is 5.56 Å². The average Bonchev–Trinajstić information content (AvgIpc) is 3.76. The van der Waals surface area contributed by atoms with Crippen LogP contribution in [0.1, 0.15) is 9.94 Å². The lowest BCUT2D eigenvalue weighted by atomic mass is 9.84.